The van der Waals surface area contributed by atoms with Gasteiger partial charge in [-0.1, -0.05) is 6.58 Å². The molecule has 0 saturated heterocycles. The number of aliphatic hydroxyl groups is 1. The van der Waals surface area contributed by atoms with Gasteiger partial charge in [0.15, 0.2) is 0 Å². The molecule has 1 saturated carbocycles. The Bertz CT molecular complexity index is 181. The highest BCUT2D eigenvalue weighted by Crippen LogP contribution is 2.26. The zero-order valence-corrected chi connectivity index (χ0v) is 7.74. The molecule has 1 aliphatic rings. The zero-order valence-electron chi connectivity index (χ0n) is 7.74. The standard InChI is InChI=1S/C10H16O3/c1-2-13-10(12)7-8-3-5-9(11)6-4-8/h2,8-9,11H,1,3-7H2. The van der Waals surface area contributed by atoms with E-state index in [1.165, 1.54) is 6.26 Å². The first-order valence-corrected chi connectivity index (χ1v) is 4.71. The van der Waals surface area contributed by atoms with Crippen LogP contribution in [0.1, 0.15) is 32.1 Å². The SMILES string of the molecule is C=COC(=O)CC1CCC(O)CC1. The molecule has 1 rings (SSSR count). The summed E-state index contributed by atoms with van der Waals surface area (Å²) in [7, 11) is 0. The van der Waals surface area contributed by atoms with Crippen LogP contribution in [0.25, 0.3) is 0 Å². The largest absolute Gasteiger partial charge is 0.435 e. The summed E-state index contributed by atoms with van der Waals surface area (Å²) in [6.07, 6.45) is 4.93. The Balaban J connectivity index is 2.22. The van der Waals surface area contributed by atoms with Crippen molar-refractivity contribution in [3.8, 4) is 0 Å². The molecule has 3 nitrogen and oxygen atoms in total. The number of rotatable bonds is 3. The lowest BCUT2D eigenvalue weighted by Gasteiger charge is -2.24. The summed E-state index contributed by atoms with van der Waals surface area (Å²) in [6, 6.07) is 0. The zero-order chi connectivity index (χ0) is 9.68. The molecule has 0 aromatic heterocycles. The normalized spacial score (nSPS) is 28.1. The second kappa shape index (κ2) is 5.02. The van der Waals surface area contributed by atoms with Crippen molar-refractivity contribution in [1.29, 1.82) is 0 Å². The Hall–Kier alpha value is -0.830. The van der Waals surface area contributed by atoms with Crippen molar-refractivity contribution in [3.05, 3.63) is 12.8 Å². The maximum absolute atomic E-state index is 11.0. The number of carbonyl (C=O) groups is 1. The Morgan fingerprint density at radius 1 is 1.46 bits per heavy atom. The monoisotopic (exact) mass is 184 g/mol. The van der Waals surface area contributed by atoms with Crippen molar-refractivity contribution in [2.24, 2.45) is 5.92 Å². The quantitative estimate of drug-likeness (QED) is 0.535. The molecule has 0 unspecified atom stereocenters. The van der Waals surface area contributed by atoms with E-state index in [0.717, 1.165) is 25.7 Å². The van der Waals surface area contributed by atoms with Crippen molar-refractivity contribution in [3.63, 3.8) is 0 Å². The van der Waals surface area contributed by atoms with E-state index in [1.807, 2.05) is 0 Å². The Morgan fingerprint density at radius 3 is 2.62 bits per heavy atom. The van der Waals surface area contributed by atoms with Crippen LogP contribution in [0.4, 0.5) is 0 Å². The van der Waals surface area contributed by atoms with Gasteiger partial charge >= 0.3 is 5.97 Å². The first-order chi connectivity index (χ1) is 6.22. The summed E-state index contributed by atoms with van der Waals surface area (Å²) < 4.78 is 4.63. The molecular weight excluding hydrogens is 168 g/mol. The van der Waals surface area contributed by atoms with E-state index >= 15 is 0 Å². The van der Waals surface area contributed by atoms with Gasteiger partial charge in [-0.3, -0.25) is 4.79 Å². The average molecular weight is 184 g/mol. The molecule has 0 heterocycles. The van der Waals surface area contributed by atoms with Crippen LogP contribution < -0.4 is 0 Å². The fourth-order valence-electron chi connectivity index (χ4n) is 1.73. The van der Waals surface area contributed by atoms with E-state index in [9.17, 15) is 9.90 Å². The van der Waals surface area contributed by atoms with E-state index in [0.29, 0.717) is 12.3 Å². The first kappa shape index (κ1) is 10.3. The maximum Gasteiger partial charge on any atom is 0.310 e. The van der Waals surface area contributed by atoms with Gasteiger partial charge in [0.1, 0.15) is 0 Å². The fraction of sp³-hybridized carbons (Fsp3) is 0.700. The molecule has 74 valence electrons. The minimum absolute atomic E-state index is 0.160. The van der Waals surface area contributed by atoms with Crippen LogP contribution in [0.15, 0.2) is 12.8 Å². The lowest BCUT2D eigenvalue weighted by atomic mass is 9.85. The van der Waals surface area contributed by atoms with Crippen LogP contribution in [0.2, 0.25) is 0 Å². The average Bonchev–Trinajstić information content (AvgIpc) is 2.09. The molecular formula is C10H16O3. The summed E-state index contributed by atoms with van der Waals surface area (Å²) >= 11 is 0. The van der Waals surface area contributed by atoms with Crippen molar-refractivity contribution in [2.75, 3.05) is 0 Å². The summed E-state index contributed by atoms with van der Waals surface area (Å²) in [5.41, 5.74) is 0. The van der Waals surface area contributed by atoms with E-state index < -0.39 is 0 Å². The fourth-order valence-corrected chi connectivity index (χ4v) is 1.73. The van der Waals surface area contributed by atoms with Gasteiger partial charge in [-0.05, 0) is 31.6 Å². The summed E-state index contributed by atoms with van der Waals surface area (Å²) in [4.78, 5) is 11.0. The van der Waals surface area contributed by atoms with Gasteiger partial charge in [-0.25, -0.2) is 0 Å². The van der Waals surface area contributed by atoms with Crippen LogP contribution in [-0.2, 0) is 9.53 Å². The number of aliphatic hydroxyl groups excluding tert-OH is 1. The molecule has 0 radical (unpaired) electrons. The molecule has 13 heavy (non-hydrogen) atoms. The highest BCUT2D eigenvalue weighted by Gasteiger charge is 2.21. The summed E-state index contributed by atoms with van der Waals surface area (Å²) in [5.74, 6) is 0.173. The van der Waals surface area contributed by atoms with Crippen molar-refractivity contribution >= 4 is 5.97 Å². The van der Waals surface area contributed by atoms with Gasteiger partial charge in [-0.2, -0.15) is 0 Å². The second-order valence-corrected chi connectivity index (χ2v) is 3.54. The molecule has 0 bridgehead atoms. The third-order valence-electron chi connectivity index (χ3n) is 2.49. The van der Waals surface area contributed by atoms with E-state index in [2.05, 4.69) is 11.3 Å². The van der Waals surface area contributed by atoms with Crippen LogP contribution >= 0.6 is 0 Å². The highest BCUT2D eigenvalue weighted by molar-refractivity contribution is 5.70. The summed E-state index contributed by atoms with van der Waals surface area (Å²) in [5, 5.41) is 9.23. The van der Waals surface area contributed by atoms with Gasteiger partial charge in [0.2, 0.25) is 0 Å². The van der Waals surface area contributed by atoms with Gasteiger partial charge in [-0.15, -0.1) is 0 Å². The van der Waals surface area contributed by atoms with Crippen LogP contribution in [0.5, 0.6) is 0 Å². The third kappa shape index (κ3) is 3.59. The minimum Gasteiger partial charge on any atom is -0.435 e. The predicted molar refractivity (Wildman–Crippen MR) is 48.9 cm³/mol. The number of esters is 1. The lowest BCUT2D eigenvalue weighted by molar-refractivity contribution is -0.139. The minimum atomic E-state index is -0.212. The van der Waals surface area contributed by atoms with E-state index in [1.54, 1.807) is 0 Å². The number of carbonyl (C=O) groups excluding carboxylic acids is 1. The smallest absolute Gasteiger partial charge is 0.310 e. The molecule has 0 aromatic rings. The molecule has 0 atom stereocenters. The second-order valence-electron chi connectivity index (χ2n) is 3.54. The van der Waals surface area contributed by atoms with Gasteiger partial charge in [0.05, 0.1) is 12.4 Å². The number of hydrogen-bond donors (Lipinski definition) is 1. The van der Waals surface area contributed by atoms with Crippen LogP contribution in [0.3, 0.4) is 0 Å². The number of hydrogen-bond acceptors (Lipinski definition) is 3. The van der Waals surface area contributed by atoms with Crippen molar-refractivity contribution < 1.29 is 14.6 Å². The Morgan fingerprint density at radius 2 is 2.08 bits per heavy atom. The molecule has 3 heteroatoms. The van der Waals surface area contributed by atoms with Crippen LogP contribution in [0, 0.1) is 5.92 Å². The Labute approximate surface area is 78.4 Å². The molecule has 1 aliphatic carbocycles. The Kier molecular flexibility index (Phi) is 3.96. The molecule has 0 amide bonds. The molecule has 0 spiro atoms. The van der Waals surface area contributed by atoms with Gasteiger partial charge in [0.25, 0.3) is 0 Å². The van der Waals surface area contributed by atoms with E-state index in [4.69, 9.17) is 0 Å². The van der Waals surface area contributed by atoms with Gasteiger partial charge < -0.3 is 9.84 Å². The topological polar surface area (TPSA) is 46.5 Å². The van der Waals surface area contributed by atoms with Crippen molar-refractivity contribution in [2.45, 2.75) is 38.2 Å². The highest BCUT2D eigenvalue weighted by atomic mass is 16.5. The molecule has 1 fully saturated rings. The van der Waals surface area contributed by atoms with E-state index in [-0.39, 0.29) is 12.1 Å². The first-order valence-electron chi connectivity index (χ1n) is 4.71. The summed E-state index contributed by atoms with van der Waals surface area (Å²) in [6.45, 7) is 3.32. The van der Waals surface area contributed by atoms with Crippen molar-refractivity contribution in [1.82, 2.24) is 0 Å². The van der Waals surface area contributed by atoms with Crippen LogP contribution in [-0.4, -0.2) is 17.2 Å². The van der Waals surface area contributed by atoms with Gasteiger partial charge in [0, 0.05) is 6.42 Å². The molecule has 0 aromatic carbocycles. The molecule has 0 aliphatic heterocycles. The maximum atomic E-state index is 11.0. The lowest BCUT2D eigenvalue weighted by Crippen LogP contribution is -2.20. The predicted octanol–water partition coefficient (Wildman–Crippen LogP) is 1.61. The number of ether oxygens (including phenoxy) is 1. The third-order valence-corrected chi connectivity index (χ3v) is 2.49. The molecule has 1 N–H and O–H groups in total.